The van der Waals surface area contributed by atoms with Crippen LogP contribution in [-0.2, 0) is 15.6 Å². The molecule has 0 unspecified atom stereocenters. The number of anilines is 1. The van der Waals surface area contributed by atoms with Crippen molar-refractivity contribution in [3.63, 3.8) is 0 Å². The molecule has 0 aliphatic rings. The van der Waals surface area contributed by atoms with Gasteiger partial charge < -0.3 is 9.50 Å². The van der Waals surface area contributed by atoms with Crippen LogP contribution in [0.2, 0.25) is 0 Å². The minimum absolute atomic E-state index is 0.105. The first-order valence-corrected chi connectivity index (χ1v) is 5.63. The fraction of sp³-hybridized carbons (Fsp3) is 0.429. The molecule has 1 N–H and O–H groups in total. The smallest absolute Gasteiger partial charge is 0.223 e. The van der Waals surface area contributed by atoms with Crippen LogP contribution in [0.5, 0.6) is 0 Å². The van der Waals surface area contributed by atoms with Gasteiger partial charge in [0.2, 0.25) is 5.91 Å². The Morgan fingerprint density at radius 2 is 2.62 bits per heavy atom. The van der Waals surface area contributed by atoms with Crippen LogP contribution in [0.1, 0.15) is 12.6 Å². The number of aromatic nitrogens is 1. The summed E-state index contributed by atoms with van der Waals surface area (Å²) in [5.74, 6) is -0.105. The van der Waals surface area contributed by atoms with Gasteiger partial charge in [-0.2, -0.15) is 0 Å². The van der Waals surface area contributed by atoms with Gasteiger partial charge in [0.1, 0.15) is 6.61 Å². The summed E-state index contributed by atoms with van der Waals surface area (Å²) < 4.78 is 5.09. The highest BCUT2D eigenvalue weighted by Crippen LogP contribution is 2.16. The van der Waals surface area contributed by atoms with E-state index in [1.807, 2.05) is 11.6 Å². The van der Waals surface area contributed by atoms with Crippen LogP contribution in [0.25, 0.3) is 0 Å². The quantitative estimate of drug-likeness (QED) is 0.784. The third kappa shape index (κ3) is 3.75. The Balaban J connectivity index is 2.48. The highest BCUT2D eigenvalue weighted by Gasteiger charge is 2.02. The van der Waals surface area contributed by atoms with E-state index in [-0.39, 0.29) is 5.91 Å². The summed E-state index contributed by atoms with van der Waals surface area (Å²) in [7, 11) is 0. The molecule has 1 heterocycles. The largest absolute Gasteiger partial charge is 0.309 e. The van der Waals surface area contributed by atoms with Crippen molar-refractivity contribution in [3.8, 4) is 0 Å². The van der Waals surface area contributed by atoms with E-state index in [9.17, 15) is 4.79 Å². The zero-order chi connectivity index (χ0) is 9.68. The number of amides is 1. The van der Waals surface area contributed by atoms with Crippen molar-refractivity contribution in [2.45, 2.75) is 13.5 Å². The molecule has 72 valence electrons. The summed E-state index contributed by atoms with van der Waals surface area (Å²) in [6.07, 6.45) is 1.85. The summed E-state index contributed by atoms with van der Waals surface area (Å²) in [6, 6.07) is 0. The predicted molar refractivity (Wildman–Crippen MR) is 54.7 cm³/mol. The lowest BCUT2D eigenvalue weighted by atomic mass is 10.5. The number of nitrogens with one attached hydrogen (secondary N) is 1. The van der Waals surface area contributed by atoms with Gasteiger partial charge in [-0.05, 0) is 12.0 Å². The molecule has 0 atom stereocenters. The number of rotatable bonds is 4. The highest BCUT2D eigenvalue weighted by molar-refractivity contribution is 7.93. The monoisotopic (exact) mass is 218 g/mol. The second-order valence-electron chi connectivity index (χ2n) is 2.25. The van der Waals surface area contributed by atoms with Crippen LogP contribution in [0, 0.1) is 0 Å². The lowest BCUT2D eigenvalue weighted by molar-refractivity contribution is -0.114. The lowest BCUT2D eigenvalue weighted by Crippen LogP contribution is -2.05. The van der Waals surface area contributed by atoms with Crippen molar-refractivity contribution in [1.82, 2.24) is 4.98 Å². The van der Waals surface area contributed by atoms with Gasteiger partial charge >= 0.3 is 0 Å². The second-order valence-corrected chi connectivity index (χ2v) is 3.68. The van der Waals surface area contributed by atoms with Crippen molar-refractivity contribution in [3.05, 3.63) is 11.1 Å². The summed E-state index contributed by atoms with van der Waals surface area (Å²) in [4.78, 5) is 14.8. The van der Waals surface area contributed by atoms with Crippen molar-refractivity contribution in [2.24, 2.45) is 0 Å². The first-order chi connectivity index (χ1) is 6.22. The molecule has 0 aliphatic carbocycles. The van der Waals surface area contributed by atoms with Crippen molar-refractivity contribution in [2.75, 3.05) is 11.6 Å². The average Bonchev–Trinajstić information content (AvgIpc) is 2.48. The number of carbonyl (C=O) groups is 1. The van der Waals surface area contributed by atoms with Crippen LogP contribution >= 0.6 is 23.4 Å². The molecule has 0 saturated heterocycles. The molecule has 0 saturated carbocycles. The number of carbonyl (C=O) groups excluding carboxylic acids is 1. The maximum absolute atomic E-state index is 10.7. The number of nitrogens with zero attached hydrogens (tertiary/aromatic N) is 1. The van der Waals surface area contributed by atoms with E-state index in [0.717, 1.165) is 5.69 Å². The van der Waals surface area contributed by atoms with Gasteiger partial charge in [0, 0.05) is 18.6 Å². The minimum atomic E-state index is -0.105. The molecule has 0 bridgehead atoms. The summed E-state index contributed by atoms with van der Waals surface area (Å²) in [6.45, 7) is 1.93. The highest BCUT2D eigenvalue weighted by atomic mass is 32.2. The summed E-state index contributed by atoms with van der Waals surface area (Å²) >= 11 is 2.69. The van der Waals surface area contributed by atoms with E-state index in [4.69, 9.17) is 4.18 Å². The molecule has 0 fully saturated rings. The van der Waals surface area contributed by atoms with Crippen LogP contribution in [0.3, 0.4) is 0 Å². The molecular weight excluding hydrogens is 208 g/mol. The first kappa shape index (κ1) is 10.5. The molecule has 0 radical (unpaired) electrons. The van der Waals surface area contributed by atoms with E-state index >= 15 is 0 Å². The molecule has 0 aromatic carbocycles. The van der Waals surface area contributed by atoms with Gasteiger partial charge in [-0.1, -0.05) is 0 Å². The standard InChI is InChI=1S/C7H10N2O2S2/c1-5(10)8-7-9-6(4-13-7)3-11-12-2/h4H,3H2,1-2H3,(H,8,9,10). The first-order valence-electron chi connectivity index (χ1n) is 3.60. The van der Waals surface area contributed by atoms with Gasteiger partial charge in [0.15, 0.2) is 5.13 Å². The maximum Gasteiger partial charge on any atom is 0.223 e. The third-order valence-electron chi connectivity index (χ3n) is 1.16. The van der Waals surface area contributed by atoms with E-state index in [1.54, 1.807) is 0 Å². The Morgan fingerprint density at radius 1 is 1.85 bits per heavy atom. The van der Waals surface area contributed by atoms with Gasteiger partial charge in [-0.25, -0.2) is 4.98 Å². The zero-order valence-electron chi connectivity index (χ0n) is 7.36. The van der Waals surface area contributed by atoms with Crippen molar-refractivity contribution < 1.29 is 8.98 Å². The minimum Gasteiger partial charge on any atom is -0.309 e. The summed E-state index contributed by atoms with van der Waals surface area (Å²) in [5, 5.41) is 5.09. The van der Waals surface area contributed by atoms with Gasteiger partial charge in [-0.3, -0.25) is 4.79 Å². The Labute approximate surface area is 84.9 Å². The number of hydrogen-bond donors (Lipinski definition) is 1. The second kappa shape index (κ2) is 5.21. The average molecular weight is 218 g/mol. The SMILES string of the molecule is CSOCc1csc(NC(C)=O)n1. The van der Waals surface area contributed by atoms with Crippen LogP contribution in [0.15, 0.2) is 5.38 Å². The Morgan fingerprint density at radius 3 is 3.23 bits per heavy atom. The molecular formula is C7H10N2O2S2. The van der Waals surface area contributed by atoms with Gasteiger partial charge in [-0.15, -0.1) is 11.3 Å². The fourth-order valence-electron chi connectivity index (χ4n) is 0.701. The molecule has 1 amide bonds. The predicted octanol–water partition coefficient (Wildman–Crippen LogP) is 1.90. The Kier molecular flexibility index (Phi) is 4.20. The molecule has 6 heteroatoms. The van der Waals surface area contributed by atoms with E-state index < -0.39 is 0 Å². The Bertz CT molecular complexity index is 288. The van der Waals surface area contributed by atoms with Gasteiger partial charge in [0.25, 0.3) is 0 Å². The normalized spacial score (nSPS) is 10.0. The molecule has 1 aromatic rings. The third-order valence-corrected chi connectivity index (χ3v) is 2.32. The van der Waals surface area contributed by atoms with Crippen LogP contribution in [-0.4, -0.2) is 17.1 Å². The summed E-state index contributed by atoms with van der Waals surface area (Å²) in [5.41, 5.74) is 0.836. The van der Waals surface area contributed by atoms with Crippen LogP contribution in [0.4, 0.5) is 5.13 Å². The van der Waals surface area contributed by atoms with Crippen LogP contribution < -0.4 is 5.32 Å². The number of hydrogen-bond acceptors (Lipinski definition) is 5. The van der Waals surface area contributed by atoms with E-state index in [1.165, 1.54) is 30.3 Å². The molecule has 4 nitrogen and oxygen atoms in total. The Hall–Kier alpha value is -0.590. The van der Waals surface area contributed by atoms with E-state index in [0.29, 0.717) is 11.7 Å². The molecule has 13 heavy (non-hydrogen) atoms. The lowest BCUT2D eigenvalue weighted by Gasteiger charge is -1.94. The molecule has 1 rings (SSSR count). The molecule has 1 aromatic heterocycles. The van der Waals surface area contributed by atoms with E-state index in [2.05, 4.69) is 10.3 Å². The maximum atomic E-state index is 10.7. The topological polar surface area (TPSA) is 51.2 Å². The zero-order valence-corrected chi connectivity index (χ0v) is 9.00. The molecule has 0 aliphatic heterocycles. The van der Waals surface area contributed by atoms with Gasteiger partial charge in [0.05, 0.1) is 5.69 Å². The number of thiazole rings is 1. The van der Waals surface area contributed by atoms with Crippen molar-refractivity contribution in [1.29, 1.82) is 0 Å². The van der Waals surface area contributed by atoms with Crippen molar-refractivity contribution >= 4 is 34.4 Å². The molecule has 0 spiro atoms. The fourth-order valence-corrected chi connectivity index (χ4v) is 1.68.